The fourth-order valence-corrected chi connectivity index (χ4v) is 4.40. The summed E-state index contributed by atoms with van der Waals surface area (Å²) in [5.41, 5.74) is 2.25. The van der Waals surface area contributed by atoms with Crippen LogP contribution in [0.3, 0.4) is 0 Å². The van der Waals surface area contributed by atoms with E-state index in [-0.39, 0.29) is 28.1 Å². The summed E-state index contributed by atoms with van der Waals surface area (Å²) in [4.78, 5) is 12.2. The number of hydrogen-bond acceptors (Lipinski definition) is 2. The highest BCUT2D eigenvalue weighted by molar-refractivity contribution is 5.81. The second kappa shape index (κ2) is 6.52. The van der Waals surface area contributed by atoms with Crippen molar-refractivity contribution >= 4 is 10.9 Å². The first kappa shape index (κ1) is 17.8. The molecule has 0 unspecified atom stereocenters. The van der Waals surface area contributed by atoms with Crippen molar-refractivity contribution in [2.24, 2.45) is 0 Å². The number of phenols is 1. The summed E-state index contributed by atoms with van der Waals surface area (Å²) in [7, 11) is 0. The number of aromatic nitrogens is 1. The van der Waals surface area contributed by atoms with E-state index in [9.17, 15) is 9.90 Å². The highest BCUT2D eigenvalue weighted by atomic mass is 19.1. The summed E-state index contributed by atoms with van der Waals surface area (Å²) in [6, 6.07) is 9.94. The molecule has 0 bridgehead atoms. The third kappa shape index (κ3) is 3.03. The van der Waals surface area contributed by atoms with Gasteiger partial charge in [-0.2, -0.15) is 0 Å². The summed E-state index contributed by atoms with van der Waals surface area (Å²) in [6.45, 7) is 4.03. The first-order valence-corrected chi connectivity index (χ1v) is 9.54. The molecular weight excluding hydrogens is 341 g/mol. The lowest BCUT2D eigenvalue weighted by Crippen LogP contribution is -2.25. The molecule has 140 valence electrons. The highest BCUT2D eigenvalue weighted by Gasteiger charge is 2.32. The molecular formula is C23H24FNO2. The fourth-order valence-electron chi connectivity index (χ4n) is 4.40. The van der Waals surface area contributed by atoms with Crippen molar-refractivity contribution < 1.29 is 9.50 Å². The number of halogens is 1. The Morgan fingerprint density at radius 1 is 1.07 bits per heavy atom. The summed E-state index contributed by atoms with van der Waals surface area (Å²) in [5.74, 6) is -0.269. The van der Waals surface area contributed by atoms with E-state index in [0.29, 0.717) is 16.5 Å². The van der Waals surface area contributed by atoms with E-state index in [1.54, 1.807) is 10.8 Å². The topological polar surface area (TPSA) is 42.2 Å². The van der Waals surface area contributed by atoms with Gasteiger partial charge < -0.3 is 9.67 Å². The summed E-state index contributed by atoms with van der Waals surface area (Å²) in [6.07, 6.45) is 6.88. The molecule has 3 nitrogen and oxygen atoms in total. The molecule has 0 saturated heterocycles. The number of phenolic OH excluding ortho intramolecular Hbond substituents is 1. The van der Waals surface area contributed by atoms with Crippen LogP contribution in [0.25, 0.3) is 16.6 Å². The number of pyridine rings is 1. The molecule has 27 heavy (non-hydrogen) atoms. The number of hydrogen-bond donors (Lipinski definition) is 1. The molecule has 1 aliphatic rings. The number of nitrogens with zero attached hydrogens (tertiary/aromatic N) is 1. The lowest BCUT2D eigenvalue weighted by atomic mass is 9.70. The van der Waals surface area contributed by atoms with Crippen LogP contribution < -0.4 is 5.43 Å². The Morgan fingerprint density at radius 3 is 2.56 bits per heavy atom. The molecule has 2 aromatic carbocycles. The Bertz CT molecular complexity index is 1080. The Kier molecular flexibility index (Phi) is 4.29. The standard InChI is InChI=1S/C23H24FNO2/c1-15-6-7-19-16(12-15)21(26)8-11-25(19)20-14-22(27)17(13-18(20)24)23(2)9-4-3-5-10-23/h6-8,11-14,27H,3-5,9-10H2,1-2H3. The van der Waals surface area contributed by atoms with E-state index in [4.69, 9.17) is 0 Å². The molecule has 0 aliphatic heterocycles. The summed E-state index contributed by atoms with van der Waals surface area (Å²) in [5, 5.41) is 11.3. The number of rotatable bonds is 2. The molecule has 1 N–H and O–H groups in total. The van der Waals surface area contributed by atoms with E-state index in [1.165, 1.54) is 24.6 Å². The molecule has 1 fully saturated rings. The van der Waals surface area contributed by atoms with Gasteiger partial charge in [-0.15, -0.1) is 0 Å². The van der Waals surface area contributed by atoms with Gasteiger partial charge >= 0.3 is 0 Å². The van der Waals surface area contributed by atoms with Crippen LogP contribution in [0.5, 0.6) is 5.75 Å². The molecule has 4 heteroatoms. The highest BCUT2D eigenvalue weighted by Crippen LogP contribution is 2.43. The van der Waals surface area contributed by atoms with Gasteiger partial charge in [0.2, 0.25) is 0 Å². The van der Waals surface area contributed by atoms with Crippen molar-refractivity contribution in [3.63, 3.8) is 0 Å². The molecule has 0 atom stereocenters. The second-order valence-electron chi connectivity index (χ2n) is 8.01. The van der Waals surface area contributed by atoms with E-state index in [2.05, 4.69) is 6.92 Å². The quantitative estimate of drug-likeness (QED) is 0.664. The number of benzene rings is 2. The van der Waals surface area contributed by atoms with Gasteiger partial charge in [0.05, 0.1) is 11.2 Å². The smallest absolute Gasteiger partial charge is 0.189 e. The maximum absolute atomic E-state index is 15.1. The van der Waals surface area contributed by atoms with Gasteiger partial charge in [0.25, 0.3) is 0 Å². The molecule has 1 heterocycles. The van der Waals surface area contributed by atoms with Crippen LogP contribution in [-0.2, 0) is 5.41 Å². The minimum absolute atomic E-state index is 0.0964. The first-order chi connectivity index (χ1) is 12.9. The van der Waals surface area contributed by atoms with Crippen molar-refractivity contribution in [3.8, 4) is 11.4 Å². The van der Waals surface area contributed by atoms with Crippen molar-refractivity contribution in [3.05, 3.63) is 69.8 Å². The lowest BCUT2D eigenvalue weighted by Gasteiger charge is -2.34. The predicted molar refractivity (Wildman–Crippen MR) is 106 cm³/mol. The second-order valence-corrected chi connectivity index (χ2v) is 8.01. The monoisotopic (exact) mass is 365 g/mol. The molecule has 1 aromatic heterocycles. The van der Waals surface area contributed by atoms with E-state index in [0.717, 1.165) is 31.2 Å². The van der Waals surface area contributed by atoms with Gasteiger partial charge in [0.15, 0.2) is 5.43 Å². The lowest BCUT2D eigenvalue weighted by molar-refractivity contribution is 0.307. The SMILES string of the molecule is Cc1ccc2c(c1)c(=O)ccn2-c1cc(O)c(C2(C)CCCCC2)cc1F. The van der Waals surface area contributed by atoms with Crippen LogP contribution >= 0.6 is 0 Å². The average molecular weight is 365 g/mol. The van der Waals surface area contributed by atoms with Crippen molar-refractivity contribution in [1.29, 1.82) is 0 Å². The van der Waals surface area contributed by atoms with Crippen LogP contribution in [0, 0.1) is 12.7 Å². The summed E-state index contributed by atoms with van der Waals surface area (Å²) >= 11 is 0. The molecule has 1 saturated carbocycles. The van der Waals surface area contributed by atoms with Gasteiger partial charge in [-0.3, -0.25) is 4.79 Å². The Balaban J connectivity index is 1.89. The first-order valence-electron chi connectivity index (χ1n) is 9.54. The van der Waals surface area contributed by atoms with Gasteiger partial charge in [-0.05, 0) is 43.4 Å². The third-order valence-corrected chi connectivity index (χ3v) is 5.98. The normalized spacial score (nSPS) is 16.6. The number of fused-ring (bicyclic) bond motifs is 1. The van der Waals surface area contributed by atoms with Crippen LogP contribution in [0.2, 0.25) is 0 Å². The molecule has 0 radical (unpaired) electrons. The fraction of sp³-hybridized carbons (Fsp3) is 0.348. The van der Waals surface area contributed by atoms with Crippen LogP contribution in [0.4, 0.5) is 4.39 Å². The molecule has 3 aromatic rings. The van der Waals surface area contributed by atoms with Crippen molar-refractivity contribution in [1.82, 2.24) is 4.57 Å². The Morgan fingerprint density at radius 2 is 1.81 bits per heavy atom. The van der Waals surface area contributed by atoms with E-state index >= 15 is 4.39 Å². The zero-order valence-corrected chi connectivity index (χ0v) is 15.8. The molecule has 4 rings (SSSR count). The predicted octanol–water partition coefficient (Wildman–Crippen LogP) is 5.37. The van der Waals surface area contributed by atoms with Crippen molar-refractivity contribution in [2.45, 2.75) is 51.4 Å². The minimum atomic E-state index is -0.389. The van der Waals surface area contributed by atoms with Gasteiger partial charge in [0.1, 0.15) is 11.6 Å². The van der Waals surface area contributed by atoms with Crippen LogP contribution in [0.15, 0.2) is 47.4 Å². The van der Waals surface area contributed by atoms with Gasteiger partial charge in [-0.25, -0.2) is 4.39 Å². The van der Waals surface area contributed by atoms with Crippen LogP contribution in [0.1, 0.15) is 50.2 Å². The molecule has 1 aliphatic carbocycles. The molecule has 0 amide bonds. The maximum Gasteiger partial charge on any atom is 0.189 e. The number of aromatic hydroxyl groups is 1. The van der Waals surface area contributed by atoms with Crippen LogP contribution in [-0.4, -0.2) is 9.67 Å². The average Bonchev–Trinajstić information content (AvgIpc) is 2.65. The van der Waals surface area contributed by atoms with Gasteiger partial charge in [-0.1, -0.05) is 37.8 Å². The van der Waals surface area contributed by atoms with E-state index < -0.39 is 0 Å². The van der Waals surface area contributed by atoms with Gasteiger partial charge in [0, 0.05) is 29.3 Å². The summed E-state index contributed by atoms with van der Waals surface area (Å²) < 4.78 is 16.8. The van der Waals surface area contributed by atoms with Crippen molar-refractivity contribution in [2.75, 3.05) is 0 Å². The Labute approximate surface area is 158 Å². The minimum Gasteiger partial charge on any atom is -0.508 e. The molecule has 0 spiro atoms. The maximum atomic E-state index is 15.1. The zero-order chi connectivity index (χ0) is 19.2. The Hall–Kier alpha value is -2.62. The third-order valence-electron chi connectivity index (χ3n) is 5.98. The number of aryl methyl sites for hydroxylation is 1. The largest absolute Gasteiger partial charge is 0.508 e. The van der Waals surface area contributed by atoms with E-state index in [1.807, 2.05) is 25.1 Å². The zero-order valence-electron chi connectivity index (χ0n) is 15.8.